The highest BCUT2D eigenvalue weighted by molar-refractivity contribution is 5.96. The number of hydrogen-bond donors (Lipinski definition) is 1. The van der Waals surface area contributed by atoms with Crippen LogP contribution in [-0.2, 0) is 5.54 Å². The lowest BCUT2D eigenvalue weighted by molar-refractivity contribution is 0.0821. The molecule has 0 atom stereocenters. The first-order valence-electron chi connectivity index (χ1n) is 8.67. The summed E-state index contributed by atoms with van der Waals surface area (Å²) in [6.45, 7) is 0.878. The van der Waals surface area contributed by atoms with Crippen LogP contribution in [0, 0.1) is 5.82 Å². The molecule has 1 amide bonds. The summed E-state index contributed by atoms with van der Waals surface area (Å²) in [6, 6.07) is 9.64. The molecule has 0 saturated heterocycles. The summed E-state index contributed by atoms with van der Waals surface area (Å²) in [6.07, 6.45) is 2.67. The minimum absolute atomic E-state index is 0.218. The third-order valence-electron chi connectivity index (χ3n) is 5.05. The monoisotopic (exact) mass is 357 g/mol. The Morgan fingerprint density at radius 1 is 1.15 bits per heavy atom. The van der Waals surface area contributed by atoms with Crippen molar-refractivity contribution in [2.75, 3.05) is 20.3 Å². The fourth-order valence-corrected chi connectivity index (χ4v) is 3.48. The van der Waals surface area contributed by atoms with Crippen molar-refractivity contribution in [3.63, 3.8) is 0 Å². The maximum Gasteiger partial charge on any atom is 0.252 e. The first-order valence-corrected chi connectivity index (χ1v) is 8.67. The summed E-state index contributed by atoms with van der Waals surface area (Å²) in [4.78, 5) is 12.9. The van der Waals surface area contributed by atoms with Crippen LogP contribution in [0.5, 0.6) is 17.2 Å². The maximum atomic E-state index is 13.2. The van der Waals surface area contributed by atoms with E-state index in [0.29, 0.717) is 36.0 Å². The molecule has 2 aromatic carbocycles. The molecule has 26 heavy (non-hydrogen) atoms. The lowest BCUT2D eigenvalue weighted by atomic mass is 9.71. The Morgan fingerprint density at radius 3 is 2.54 bits per heavy atom. The van der Waals surface area contributed by atoms with Gasteiger partial charge in [-0.25, -0.2) is 4.39 Å². The molecular weight excluding hydrogens is 337 g/mol. The summed E-state index contributed by atoms with van der Waals surface area (Å²) >= 11 is 0. The van der Waals surface area contributed by atoms with Crippen LogP contribution < -0.4 is 19.5 Å². The van der Waals surface area contributed by atoms with Gasteiger partial charge in [0.25, 0.3) is 5.91 Å². The van der Waals surface area contributed by atoms with E-state index in [1.165, 1.54) is 19.2 Å². The fraction of sp³-hybridized carbons (Fsp3) is 0.350. The van der Waals surface area contributed by atoms with Gasteiger partial charge in [-0.05, 0) is 49.1 Å². The predicted molar refractivity (Wildman–Crippen MR) is 93.4 cm³/mol. The summed E-state index contributed by atoms with van der Waals surface area (Å²) in [5.41, 5.74) is 0.910. The van der Waals surface area contributed by atoms with E-state index in [4.69, 9.17) is 14.2 Å². The summed E-state index contributed by atoms with van der Waals surface area (Å²) in [7, 11) is 1.53. The molecule has 136 valence electrons. The van der Waals surface area contributed by atoms with Crippen LogP contribution in [0.25, 0.3) is 0 Å². The molecule has 2 aromatic rings. The Labute approximate surface area is 151 Å². The van der Waals surface area contributed by atoms with Crippen LogP contribution in [0.2, 0.25) is 0 Å². The highest BCUT2D eigenvalue weighted by Crippen LogP contribution is 2.43. The quantitative estimate of drug-likeness (QED) is 0.911. The zero-order valence-corrected chi connectivity index (χ0v) is 14.5. The van der Waals surface area contributed by atoms with Crippen molar-refractivity contribution in [1.82, 2.24) is 5.32 Å². The second-order valence-corrected chi connectivity index (χ2v) is 6.60. The normalized spacial score (nSPS) is 17.2. The largest absolute Gasteiger partial charge is 0.493 e. The molecule has 0 bridgehead atoms. The zero-order valence-electron chi connectivity index (χ0n) is 14.5. The second-order valence-electron chi connectivity index (χ2n) is 6.60. The zero-order chi connectivity index (χ0) is 18.1. The van der Waals surface area contributed by atoms with Crippen molar-refractivity contribution < 1.29 is 23.4 Å². The van der Waals surface area contributed by atoms with E-state index in [0.717, 1.165) is 24.8 Å². The van der Waals surface area contributed by atoms with E-state index in [-0.39, 0.29) is 11.7 Å². The molecule has 0 unspecified atom stereocenters. The number of amides is 1. The number of hydrogen-bond acceptors (Lipinski definition) is 4. The van der Waals surface area contributed by atoms with Crippen LogP contribution in [-0.4, -0.2) is 26.2 Å². The predicted octanol–water partition coefficient (Wildman–Crippen LogP) is 3.41. The minimum atomic E-state index is -0.453. The molecule has 1 aliphatic carbocycles. The number of carbonyl (C=O) groups excluding carboxylic acids is 1. The van der Waals surface area contributed by atoms with Crippen LogP contribution in [0.3, 0.4) is 0 Å². The first kappa shape index (κ1) is 16.7. The molecule has 2 aliphatic rings. The summed E-state index contributed by atoms with van der Waals surface area (Å²) in [5.74, 6) is 0.990. The van der Waals surface area contributed by atoms with E-state index in [2.05, 4.69) is 5.32 Å². The third-order valence-corrected chi connectivity index (χ3v) is 5.05. The molecular formula is C20H20FNO4. The van der Waals surface area contributed by atoms with Crippen molar-refractivity contribution >= 4 is 5.91 Å². The molecule has 1 fully saturated rings. The summed E-state index contributed by atoms with van der Waals surface area (Å²) in [5, 5.41) is 3.13. The lowest BCUT2D eigenvalue weighted by Gasteiger charge is -2.43. The Kier molecular flexibility index (Phi) is 4.18. The van der Waals surface area contributed by atoms with Crippen molar-refractivity contribution in [2.24, 2.45) is 0 Å². The van der Waals surface area contributed by atoms with Crippen LogP contribution in [0.1, 0.15) is 35.2 Å². The molecule has 6 heteroatoms. The second kappa shape index (κ2) is 6.52. The fourth-order valence-electron chi connectivity index (χ4n) is 3.48. The van der Waals surface area contributed by atoms with Gasteiger partial charge in [0.1, 0.15) is 19.0 Å². The number of ether oxygens (including phenoxy) is 3. The Bertz CT molecular complexity index is 813. The molecule has 1 N–H and O–H groups in total. The number of halogens is 1. The van der Waals surface area contributed by atoms with Gasteiger partial charge in [0, 0.05) is 5.56 Å². The third kappa shape index (κ3) is 2.85. The van der Waals surface area contributed by atoms with Crippen molar-refractivity contribution in [3.8, 4) is 17.2 Å². The van der Waals surface area contributed by atoms with Gasteiger partial charge < -0.3 is 19.5 Å². The number of benzene rings is 2. The van der Waals surface area contributed by atoms with Gasteiger partial charge in [0.05, 0.1) is 12.6 Å². The van der Waals surface area contributed by atoms with Crippen LogP contribution in [0.15, 0.2) is 36.4 Å². The highest BCUT2D eigenvalue weighted by atomic mass is 19.1. The molecule has 4 rings (SSSR count). The topological polar surface area (TPSA) is 56.8 Å². The van der Waals surface area contributed by atoms with E-state index >= 15 is 0 Å². The van der Waals surface area contributed by atoms with Gasteiger partial charge in [0.15, 0.2) is 11.5 Å². The Hall–Kier alpha value is -2.76. The van der Waals surface area contributed by atoms with Gasteiger partial charge >= 0.3 is 0 Å². The average Bonchev–Trinajstić information content (AvgIpc) is 2.64. The molecule has 0 radical (unpaired) electrons. The smallest absolute Gasteiger partial charge is 0.252 e. The Balaban J connectivity index is 1.62. The van der Waals surface area contributed by atoms with Crippen molar-refractivity contribution in [3.05, 3.63) is 53.3 Å². The molecule has 0 aromatic heterocycles. The van der Waals surface area contributed by atoms with Crippen molar-refractivity contribution in [1.29, 1.82) is 0 Å². The maximum absolute atomic E-state index is 13.2. The van der Waals surface area contributed by atoms with Crippen LogP contribution in [0.4, 0.5) is 4.39 Å². The first-order chi connectivity index (χ1) is 12.6. The van der Waals surface area contributed by atoms with Crippen molar-refractivity contribution in [2.45, 2.75) is 24.8 Å². The SMILES string of the molecule is COc1cc(C(=O)NC2(c3ccc(F)cc3)CCC2)cc2c1OCCO2. The molecule has 5 nitrogen and oxygen atoms in total. The highest BCUT2D eigenvalue weighted by Gasteiger charge is 2.40. The average molecular weight is 357 g/mol. The van der Waals surface area contributed by atoms with E-state index < -0.39 is 5.54 Å². The number of carbonyl (C=O) groups is 1. The van der Waals surface area contributed by atoms with Gasteiger partial charge in [-0.3, -0.25) is 4.79 Å². The van der Waals surface area contributed by atoms with Gasteiger partial charge in [0.2, 0.25) is 5.75 Å². The number of fused-ring (bicyclic) bond motifs is 1. The molecule has 0 spiro atoms. The molecule has 1 heterocycles. The van der Waals surface area contributed by atoms with E-state index in [1.807, 2.05) is 0 Å². The molecule has 1 aliphatic heterocycles. The lowest BCUT2D eigenvalue weighted by Crippen LogP contribution is -2.50. The van der Waals surface area contributed by atoms with Gasteiger partial charge in [-0.1, -0.05) is 12.1 Å². The van der Waals surface area contributed by atoms with E-state index in [9.17, 15) is 9.18 Å². The standard InChI is InChI=1S/C20H20FNO4/c1-24-16-11-13(12-17-18(16)26-10-9-25-17)19(23)22-20(7-2-8-20)14-3-5-15(21)6-4-14/h3-6,11-12H,2,7-10H2,1H3,(H,22,23). The number of rotatable bonds is 4. The van der Waals surface area contributed by atoms with E-state index in [1.54, 1.807) is 24.3 Å². The van der Waals surface area contributed by atoms with Crippen LogP contribution >= 0.6 is 0 Å². The number of methoxy groups -OCH3 is 1. The Morgan fingerprint density at radius 2 is 1.88 bits per heavy atom. The van der Waals surface area contributed by atoms with Gasteiger partial charge in [-0.2, -0.15) is 0 Å². The summed E-state index contributed by atoms with van der Waals surface area (Å²) < 4.78 is 29.8. The van der Waals surface area contributed by atoms with Gasteiger partial charge in [-0.15, -0.1) is 0 Å². The molecule has 1 saturated carbocycles. The number of nitrogens with one attached hydrogen (secondary N) is 1. The minimum Gasteiger partial charge on any atom is -0.493 e.